The van der Waals surface area contributed by atoms with Crippen LogP contribution in [0.25, 0.3) is 11.4 Å². The van der Waals surface area contributed by atoms with E-state index in [4.69, 9.17) is 5.73 Å². The summed E-state index contributed by atoms with van der Waals surface area (Å²) in [6.45, 7) is 1.79. The minimum atomic E-state index is -0.530. The van der Waals surface area contributed by atoms with Crippen LogP contribution < -0.4 is 11.1 Å². The molecule has 0 aliphatic carbocycles. The number of amides is 1. The van der Waals surface area contributed by atoms with Gasteiger partial charge in [0.25, 0.3) is 0 Å². The molecule has 4 rings (SSSR count). The Bertz CT molecular complexity index is 963. The number of rotatable bonds is 3. The highest BCUT2D eigenvalue weighted by Crippen LogP contribution is 2.34. The number of aromatic nitrogens is 5. The molecule has 0 spiro atoms. The standard InChI is InChI=1S/C17H15N7O/c1-10-13(15(18)25)14(12-4-2-3-7-20-12)24-17(21-10)22-16(23-24)11-5-8-19-9-6-11/h2-9,14H,1H3,(H2,18,25)(H,21,22,23). The third-order valence-corrected chi connectivity index (χ3v) is 4.02. The Morgan fingerprint density at radius 3 is 2.68 bits per heavy atom. The molecule has 1 atom stereocenters. The second-order valence-electron chi connectivity index (χ2n) is 5.62. The first-order valence-corrected chi connectivity index (χ1v) is 7.70. The topological polar surface area (TPSA) is 112 Å². The first kappa shape index (κ1) is 15.0. The van der Waals surface area contributed by atoms with Crippen molar-refractivity contribution in [2.45, 2.75) is 13.0 Å². The number of hydrogen-bond acceptors (Lipinski definition) is 6. The van der Waals surface area contributed by atoms with Crippen molar-refractivity contribution in [3.05, 3.63) is 65.9 Å². The van der Waals surface area contributed by atoms with Crippen molar-refractivity contribution in [2.24, 2.45) is 5.73 Å². The molecule has 3 N–H and O–H groups in total. The van der Waals surface area contributed by atoms with Gasteiger partial charge in [0.1, 0.15) is 6.04 Å². The van der Waals surface area contributed by atoms with Gasteiger partial charge in [-0.1, -0.05) is 6.07 Å². The number of primary amides is 1. The molecule has 1 aliphatic heterocycles. The summed E-state index contributed by atoms with van der Waals surface area (Å²) < 4.78 is 1.64. The van der Waals surface area contributed by atoms with Gasteiger partial charge in [-0.15, -0.1) is 5.10 Å². The highest BCUT2D eigenvalue weighted by molar-refractivity contribution is 5.95. The summed E-state index contributed by atoms with van der Waals surface area (Å²) in [7, 11) is 0. The number of nitrogens with two attached hydrogens (primary N) is 1. The van der Waals surface area contributed by atoms with Crippen molar-refractivity contribution in [2.75, 3.05) is 5.32 Å². The normalized spacial score (nSPS) is 16.3. The Morgan fingerprint density at radius 1 is 1.20 bits per heavy atom. The van der Waals surface area contributed by atoms with Crippen LogP contribution in [0.1, 0.15) is 18.7 Å². The molecular weight excluding hydrogens is 318 g/mol. The van der Waals surface area contributed by atoms with E-state index in [-0.39, 0.29) is 0 Å². The molecule has 1 amide bonds. The Balaban J connectivity index is 1.89. The minimum absolute atomic E-state index is 0.414. The summed E-state index contributed by atoms with van der Waals surface area (Å²) in [6.07, 6.45) is 5.03. The quantitative estimate of drug-likeness (QED) is 0.751. The van der Waals surface area contributed by atoms with Crippen molar-refractivity contribution in [3.63, 3.8) is 0 Å². The van der Waals surface area contributed by atoms with Gasteiger partial charge in [0.15, 0.2) is 5.82 Å². The van der Waals surface area contributed by atoms with E-state index in [2.05, 4.69) is 25.4 Å². The molecule has 0 radical (unpaired) electrons. The summed E-state index contributed by atoms with van der Waals surface area (Å²) in [4.78, 5) is 25.0. The van der Waals surface area contributed by atoms with Gasteiger partial charge >= 0.3 is 0 Å². The average molecular weight is 333 g/mol. The largest absolute Gasteiger partial charge is 0.366 e. The molecule has 8 nitrogen and oxygen atoms in total. The molecule has 0 aromatic carbocycles. The van der Waals surface area contributed by atoms with Gasteiger partial charge in [-0.3, -0.25) is 14.8 Å². The van der Waals surface area contributed by atoms with E-state index in [0.29, 0.717) is 28.7 Å². The maximum absolute atomic E-state index is 12.1. The van der Waals surface area contributed by atoms with E-state index in [0.717, 1.165) is 5.56 Å². The Hall–Kier alpha value is -3.55. The Labute approximate surface area is 143 Å². The van der Waals surface area contributed by atoms with Crippen LogP contribution >= 0.6 is 0 Å². The van der Waals surface area contributed by atoms with Gasteiger partial charge in [0, 0.05) is 29.9 Å². The van der Waals surface area contributed by atoms with Crippen LogP contribution in [0.2, 0.25) is 0 Å². The molecule has 0 fully saturated rings. The molecule has 4 heterocycles. The molecule has 1 aliphatic rings. The first-order chi connectivity index (χ1) is 12.1. The molecule has 124 valence electrons. The number of carbonyl (C=O) groups is 1. The smallest absolute Gasteiger partial charge is 0.248 e. The van der Waals surface area contributed by atoms with Crippen molar-refractivity contribution in [1.82, 2.24) is 24.7 Å². The van der Waals surface area contributed by atoms with Gasteiger partial charge in [-0.2, -0.15) is 4.98 Å². The number of anilines is 1. The lowest BCUT2D eigenvalue weighted by Crippen LogP contribution is -2.32. The average Bonchev–Trinajstić information content (AvgIpc) is 3.05. The maximum atomic E-state index is 12.1. The lowest BCUT2D eigenvalue weighted by molar-refractivity contribution is -0.115. The highest BCUT2D eigenvalue weighted by atomic mass is 16.1. The SMILES string of the molecule is CC1=C(C(N)=O)C(c2ccccn2)n2nc(-c3ccncc3)nc2N1. The maximum Gasteiger partial charge on any atom is 0.248 e. The van der Waals surface area contributed by atoms with Gasteiger partial charge in [0.2, 0.25) is 11.9 Å². The number of fused-ring (bicyclic) bond motifs is 1. The fourth-order valence-corrected chi connectivity index (χ4v) is 2.90. The van der Waals surface area contributed by atoms with E-state index in [1.165, 1.54) is 0 Å². The number of nitrogens with one attached hydrogen (secondary N) is 1. The van der Waals surface area contributed by atoms with Gasteiger partial charge in [-0.05, 0) is 31.2 Å². The first-order valence-electron chi connectivity index (χ1n) is 7.70. The number of allylic oxidation sites excluding steroid dienone is 1. The number of nitrogens with zero attached hydrogens (tertiary/aromatic N) is 5. The zero-order chi connectivity index (χ0) is 17.4. The van der Waals surface area contributed by atoms with Crippen molar-refractivity contribution in [1.29, 1.82) is 0 Å². The molecule has 3 aromatic heterocycles. The van der Waals surface area contributed by atoms with Crippen LogP contribution in [-0.4, -0.2) is 30.6 Å². The van der Waals surface area contributed by atoms with Crippen molar-refractivity contribution < 1.29 is 4.79 Å². The van der Waals surface area contributed by atoms with E-state index >= 15 is 0 Å². The zero-order valence-corrected chi connectivity index (χ0v) is 13.4. The monoisotopic (exact) mass is 333 g/mol. The highest BCUT2D eigenvalue weighted by Gasteiger charge is 2.34. The van der Waals surface area contributed by atoms with Crippen LogP contribution in [0.4, 0.5) is 5.95 Å². The second kappa shape index (κ2) is 5.82. The predicted octanol–water partition coefficient (Wildman–Crippen LogP) is 1.51. The molecule has 0 bridgehead atoms. The lowest BCUT2D eigenvalue weighted by Gasteiger charge is -2.26. The van der Waals surface area contributed by atoms with Crippen molar-refractivity contribution >= 4 is 11.9 Å². The summed E-state index contributed by atoms with van der Waals surface area (Å²) in [5.41, 5.74) is 8.18. The van der Waals surface area contributed by atoms with Crippen LogP contribution in [0.15, 0.2) is 60.2 Å². The summed E-state index contributed by atoms with van der Waals surface area (Å²) >= 11 is 0. The van der Waals surface area contributed by atoms with E-state index < -0.39 is 11.9 Å². The minimum Gasteiger partial charge on any atom is -0.366 e. The molecule has 3 aromatic rings. The van der Waals surface area contributed by atoms with E-state index in [9.17, 15) is 4.79 Å². The fourth-order valence-electron chi connectivity index (χ4n) is 2.90. The summed E-state index contributed by atoms with van der Waals surface area (Å²) in [5.74, 6) is 0.543. The number of pyridine rings is 2. The summed E-state index contributed by atoms with van der Waals surface area (Å²) in [6, 6.07) is 8.63. The van der Waals surface area contributed by atoms with Crippen LogP contribution in [0, 0.1) is 0 Å². The number of hydrogen-bond donors (Lipinski definition) is 2. The molecular formula is C17H15N7O. The molecule has 0 saturated heterocycles. The third kappa shape index (κ3) is 2.53. The third-order valence-electron chi connectivity index (χ3n) is 4.02. The molecule has 8 heteroatoms. The fraction of sp³-hybridized carbons (Fsp3) is 0.118. The van der Waals surface area contributed by atoms with E-state index in [1.807, 2.05) is 30.3 Å². The van der Waals surface area contributed by atoms with Crippen LogP contribution in [0.5, 0.6) is 0 Å². The van der Waals surface area contributed by atoms with Crippen molar-refractivity contribution in [3.8, 4) is 11.4 Å². The molecule has 1 unspecified atom stereocenters. The molecule has 25 heavy (non-hydrogen) atoms. The Morgan fingerprint density at radius 2 is 2.00 bits per heavy atom. The predicted molar refractivity (Wildman–Crippen MR) is 91.1 cm³/mol. The lowest BCUT2D eigenvalue weighted by atomic mass is 9.99. The van der Waals surface area contributed by atoms with Crippen LogP contribution in [-0.2, 0) is 4.79 Å². The number of carbonyl (C=O) groups excluding carboxylic acids is 1. The van der Waals surface area contributed by atoms with Gasteiger partial charge < -0.3 is 11.1 Å². The van der Waals surface area contributed by atoms with Gasteiger partial charge in [0.05, 0.1) is 11.3 Å². The van der Waals surface area contributed by atoms with Crippen LogP contribution in [0.3, 0.4) is 0 Å². The summed E-state index contributed by atoms with van der Waals surface area (Å²) in [5, 5.41) is 7.69. The second-order valence-corrected chi connectivity index (χ2v) is 5.62. The Kier molecular flexibility index (Phi) is 3.50. The zero-order valence-electron chi connectivity index (χ0n) is 13.4. The van der Waals surface area contributed by atoms with Gasteiger partial charge in [-0.25, -0.2) is 4.68 Å². The molecule has 0 saturated carbocycles. The van der Waals surface area contributed by atoms with E-state index in [1.54, 1.807) is 30.2 Å².